The van der Waals surface area contributed by atoms with Crippen LogP contribution in [0.5, 0.6) is 0 Å². The predicted octanol–water partition coefficient (Wildman–Crippen LogP) is 7.38. The summed E-state index contributed by atoms with van der Waals surface area (Å²) in [5.41, 5.74) is 8.22. The molecule has 1 aliphatic carbocycles. The van der Waals surface area contributed by atoms with Crippen molar-refractivity contribution in [3.63, 3.8) is 0 Å². The van der Waals surface area contributed by atoms with E-state index in [0.717, 1.165) is 72.9 Å². The van der Waals surface area contributed by atoms with Gasteiger partial charge in [-0.25, -0.2) is 14.8 Å². The number of esters is 1. The van der Waals surface area contributed by atoms with E-state index in [9.17, 15) is 9.59 Å². The molecule has 1 fully saturated rings. The number of amides is 1. The third-order valence-electron chi connectivity index (χ3n) is 8.37. The fourth-order valence-corrected chi connectivity index (χ4v) is 7.52. The fraction of sp³-hybridized carbons (Fsp3) is 0.312. The van der Waals surface area contributed by atoms with Crippen LogP contribution in [0.1, 0.15) is 64.6 Å². The molecule has 1 amide bonds. The molecule has 2 aromatic carbocycles. The minimum Gasteiger partial charge on any atom is -0.465 e. The van der Waals surface area contributed by atoms with Gasteiger partial charge in [-0.3, -0.25) is 4.79 Å². The van der Waals surface area contributed by atoms with Crippen molar-refractivity contribution in [2.24, 2.45) is 0 Å². The molecule has 7 rings (SSSR count). The highest BCUT2D eigenvalue weighted by molar-refractivity contribution is 7.15. The van der Waals surface area contributed by atoms with Crippen LogP contribution >= 0.6 is 11.3 Å². The molecule has 4 heterocycles. The number of hydrogen-bond donors (Lipinski definition) is 1. The van der Waals surface area contributed by atoms with Crippen LogP contribution in [0.2, 0.25) is 0 Å². The van der Waals surface area contributed by atoms with Crippen molar-refractivity contribution in [2.75, 3.05) is 12.4 Å². The second-order valence-corrected chi connectivity index (χ2v) is 12.1. The van der Waals surface area contributed by atoms with E-state index in [1.54, 1.807) is 11.3 Å². The Morgan fingerprint density at radius 3 is 2.58 bits per heavy atom. The largest absolute Gasteiger partial charge is 0.465 e. The van der Waals surface area contributed by atoms with Crippen molar-refractivity contribution in [1.82, 2.24) is 14.5 Å². The van der Waals surface area contributed by atoms with Gasteiger partial charge in [-0.15, -0.1) is 11.3 Å². The molecule has 0 unspecified atom stereocenters. The average molecular weight is 551 g/mol. The minimum atomic E-state index is -0.380. The van der Waals surface area contributed by atoms with Crippen molar-refractivity contribution < 1.29 is 14.3 Å². The van der Waals surface area contributed by atoms with Crippen molar-refractivity contribution >= 4 is 50.7 Å². The number of ether oxygens (including phenoxy) is 1. The van der Waals surface area contributed by atoms with Crippen molar-refractivity contribution in [2.45, 2.75) is 58.4 Å². The molecular formula is C32H30N4O3S. The summed E-state index contributed by atoms with van der Waals surface area (Å²) in [6, 6.07) is 14.0. The molecule has 0 bridgehead atoms. The molecule has 3 aromatic heterocycles. The summed E-state index contributed by atoms with van der Waals surface area (Å²) in [5.74, 6) is -0.0817. The maximum absolute atomic E-state index is 13.4. The normalized spacial score (nSPS) is 15.5. The van der Waals surface area contributed by atoms with E-state index in [4.69, 9.17) is 9.72 Å². The number of nitrogens with one attached hydrogen (secondary N) is 1. The van der Waals surface area contributed by atoms with E-state index in [-0.39, 0.29) is 18.4 Å². The zero-order chi connectivity index (χ0) is 27.5. The maximum atomic E-state index is 13.4. The van der Waals surface area contributed by atoms with Crippen molar-refractivity contribution in [3.8, 4) is 21.8 Å². The van der Waals surface area contributed by atoms with Gasteiger partial charge < -0.3 is 14.6 Å². The number of hydrogen-bond acceptors (Lipinski definition) is 6. The Morgan fingerprint density at radius 1 is 1.02 bits per heavy atom. The number of carbonyl (C=O) groups is 2. The molecule has 0 radical (unpaired) electrons. The third kappa shape index (κ3) is 3.92. The minimum absolute atomic E-state index is 0.0962. The number of carbonyl (C=O) groups excluding carboxylic acids is 2. The van der Waals surface area contributed by atoms with Gasteiger partial charge in [0.15, 0.2) is 0 Å². The summed E-state index contributed by atoms with van der Waals surface area (Å²) in [5, 5.41) is 6.26. The van der Waals surface area contributed by atoms with Crippen LogP contribution in [0, 0.1) is 13.8 Å². The highest BCUT2D eigenvalue weighted by Crippen LogP contribution is 2.48. The van der Waals surface area contributed by atoms with Gasteiger partial charge in [0.1, 0.15) is 6.54 Å². The number of thiazole rings is 1. The lowest BCUT2D eigenvalue weighted by Gasteiger charge is -2.24. The first-order valence-corrected chi connectivity index (χ1v) is 14.7. The number of aryl methyl sites for hydroxylation is 2. The van der Waals surface area contributed by atoms with Gasteiger partial charge in [0.2, 0.25) is 5.91 Å². The second kappa shape index (κ2) is 9.55. The maximum Gasteiger partial charge on any atom is 0.337 e. The lowest BCUT2D eigenvalue weighted by atomic mass is 9.81. The zero-order valence-electron chi connectivity index (χ0n) is 22.8. The van der Waals surface area contributed by atoms with Crippen LogP contribution in [0.3, 0.4) is 0 Å². The topological polar surface area (TPSA) is 86.1 Å². The smallest absolute Gasteiger partial charge is 0.337 e. The highest BCUT2D eigenvalue weighted by Gasteiger charge is 2.31. The molecule has 1 aliphatic heterocycles. The van der Waals surface area contributed by atoms with E-state index in [1.165, 1.54) is 31.9 Å². The van der Waals surface area contributed by atoms with Crippen LogP contribution in [-0.2, 0) is 16.1 Å². The van der Waals surface area contributed by atoms with Gasteiger partial charge in [-0.05, 0) is 74.6 Å². The van der Waals surface area contributed by atoms with Crippen LogP contribution in [-0.4, -0.2) is 33.5 Å². The van der Waals surface area contributed by atoms with E-state index in [0.29, 0.717) is 11.5 Å². The first-order valence-electron chi connectivity index (χ1n) is 13.9. The summed E-state index contributed by atoms with van der Waals surface area (Å²) < 4.78 is 7.12. The summed E-state index contributed by atoms with van der Waals surface area (Å²) in [6.45, 7) is 4.19. The van der Waals surface area contributed by atoms with Gasteiger partial charge in [-0.2, -0.15) is 0 Å². The van der Waals surface area contributed by atoms with Crippen molar-refractivity contribution in [3.05, 3.63) is 64.3 Å². The summed E-state index contributed by atoms with van der Waals surface area (Å²) in [6.07, 6.45) is 5.89. The number of aromatic nitrogens is 3. The van der Waals surface area contributed by atoms with E-state index in [2.05, 4.69) is 33.1 Å². The van der Waals surface area contributed by atoms with Gasteiger partial charge >= 0.3 is 5.97 Å². The number of benzene rings is 2. The first kappa shape index (κ1) is 25.0. The molecule has 8 heteroatoms. The molecule has 202 valence electrons. The zero-order valence-corrected chi connectivity index (χ0v) is 23.7. The number of anilines is 1. The van der Waals surface area contributed by atoms with Crippen LogP contribution < -0.4 is 5.32 Å². The highest BCUT2D eigenvalue weighted by atomic mass is 32.1. The summed E-state index contributed by atoms with van der Waals surface area (Å²) in [4.78, 5) is 36.5. The monoisotopic (exact) mass is 550 g/mol. The SMILES string of the molecule is COC(=O)c1ccc2c(C3CCCCC3)c3n(c2c1)CC(=O)Nc1c-3ccc2nc(-c3sc(C)nc3C)ccc12. The molecule has 0 spiro atoms. The molecule has 7 nitrogen and oxygen atoms in total. The first-order chi connectivity index (χ1) is 19.4. The van der Waals surface area contributed by atoms with Crippen molar-refractivity contribution in [1.29, 1.82) is 0 Å². The van der Waals surface area contributed by atoms with Gasteiger partial charge in [0, 0.05) is 16.3 Å². The van der Waals surface area contributed by atoms with Gasteiger partial charge in [0.25, 0.3) is 0 Å². The Bertz CT molecular complexity index is 1840. The second-order valence-electron chi connectivity index (χ2n) is 10.9. The van der Waals surface area contributed by atoms with Crippen LogP contribution in [0.25, 0.3) is 43.6 Å². The van der Waals surface area contributed by atoms with E-state index >= 15 is 0 Å². The Balaban J connectivity index is 1.49. The Kier molecular flexibility index (Phi) is 5.96. The van der Waals surface area contributed by atoms with Crippen LogP contribution in [0.4, 0.5) is 5.69 Å². The van der Waals surface area contributed by atoms with Gasteiger partial charge in [0.05, 0.1) is 56.4 Å². The number of pyridine rings is 1. The average Bonchev–Trinajstić information content (AvgIpc) is 3.42. The standard InChI is InChI=1S/C32H30N4O3S/c1-17-31(40-18(2)33-17)25-14-11-21-24(34-25)13-12-23-29(21)35-27(37)16-36-26-15-20(32(38)39-3)9-10-22(26)28(30(23)36)19-7-5-4-6-8-19/h9-15,19H,4-8,16H2,1-3H3,(H,35,37). The molecule has 5 aromatic rings. The lowest BCUT2D eigenvalue weighted by molar-refractivity contribution is -0.116. The lowest BCUT2D eigenvalue weighted by Crippen LogP contribution is -2.16. The number of nitrogens with zero attached hydrogens (tertiary/aromatic N) is 3. The third-order valence-corrected chi connectivity index (χ3v) is 9.46. The molecule has 2 aliphatic rings. The molecule has 1 N–H and O–H groups in total. The molecule has 40 heavy (non-hydrogen) atoms. The van der Waals surface area contributed by atoms with Crippen LogP contribution in [0.15, 0.2) is 42.5 Å². The number of fused-ring (bicyclic) bond motifs is 7. The Labute approximate surface area is 236 Å². The summed E-state index contributed by atoms with van der Waals surface area (Å²) >= 11 is 1.64. The molecular weight excluding hydrogens is 520 g/mol. The predicted molar refractivity (Wildman–Crippen MR) is 159 cm³/mol. The quantitative estimate of drug-likeness (QED) is 0.237. The fourth-order valence-electron chi connectivity index (χ4n) is 6.63. The number of rotatable bonds is 3. The van der Waals surface area contributed by atoms with Gasteiger partial charge in [-0.1, -0.05) is 25.3 Å². The molecule has 0 atom stereocenters. The Morgan fingerprint density at radius 2 is 1.82 bits per heavy atom. The number of methoxy groups -OCH3 is 1. The van der Waals surface area contributed by atoms with E-state index < -0.39 is 0 Å². The van der Waals surface area contributed by atoms with E-state index in [1.807, 2.05) is 38.1 Å². The Hall–Kier alpha value is -4.04. The summed E-state index contributed by atoms with van der Waals surface area (Å²) in [7, 11) is 1.39. The molecule has 0 saturated heterocycles. The molecule has 1 saturated carbocycles.